The summed E-state index contributed by atoms with van der Waals surface area (Å²) in [7, 11) is -0.833. The predicted octanol–water partition coefficient (Wildman–Crippen LogP) is 4.32. The highest BCUT2D eigenvalue weighted by atomic mass is 32.2. The van der Waals surface area contributed by atoms with Crippen molar-refractivity contribution in [1.82, 2.24) is 0 Å². The number of benzene rings is 3. The van der Waals surface area contributed by atoms with Crippen molar-refractivity contribution in [3.05, 3.63) is 66.2 Å². The van der Waals surface area contributed by atoms with Gasteiger partial charge in [0, 0.05) is 34.5 Å². The first-order valence-electron chi connectivity index (χ1n) is 11.1. The number of nitrogens with one attached hydrogen (secondary N) is 1. The maximum Gasteiger partial charge on any atom is 0.340 e. The first kappa shape index (κ1) is 25.9. The molecule has 194 valence electrons. The number of furan rings is 1. The number of carbonyl (C=O) groups is 1. The Bertz CT molecular complexity index is 1550. The number of ether oxygens (including phenoxy) is 2. The number of methoxy groups -OCH3 is 2. The average molecular weight is 527 g/mol. The highest BCUT2D eigenvalue weighted by Gasteiger charge is 2.27. The van der Waals surface area contributed by atoms with Gasteiger partial charge in [0.2, 0.25) is 10.0 Å². The van der Waals surface area contributed by atoms with Crippen molar-refractivity contribution < 1.29 is 37.3 Å². The molecule has 4 rings (SSSR count). The van der Waals surface area contributed by atoms with Crippen LogP contribution in [0.25, 0.3) is 22.3 Å². The molecule has 0 saturated heterocycles. The van der Waals surface area contributed by atoms with Crippen LogP contribution in [-0.4, -0.2) is 58.2 Å². The molecule has 0 amide bonds. The number of carboxylic acid groups (broad SMARTS) is 1. The van der Waals surface area contributed by atoms with Gasteiger partial charge in [0.05, 0.1) is 39.3 Å². The fourth-order valence-corrected chi connectivity index (χ4v) is 4.93. The molecule has 1 heterocycles. The summed E-state index contributed by atoms with van der Waals surface area (Å²) < 4.78 is 42.2. The van der Waals surface area contributed by atoms with Gasteiger partial charge in [0.1, 0.15) is 28.4 Å². The Hall–Kier alpha value is -4.22. The van der Waals surface area contributed by atoms with Crippen molar-refractivity contribution in [2.24, 2.45) is 0 Å². The second kappa shape index (κ2) is 10.4. The number of fused-ring (bicyclic) bond motifs is 1. The predicted molar refractivity (Wildman–Crippen MR) is 141 cm³/mol. The van der Waals surface area contributed by atoms with Gasteiger partial charge in [0.25, 0.3) is 0 Å². The van der Waals surface area contributed by atoms with Gasteiger partial charge in [-0.25, -0.2) is 13.2 Å². The molecule has 4 aromatic rings. The highest BCUT2D eigenvalue weighted by molar-refractivity contribution is 7.92. The Balaban J connectivity index is 1.78. The third-order valence-corrected chi connectivity index (χ3v) is 6.86. The summed E-state index contributed by atoms with van der Waals surface area (Å²) in [5, 5.41) is 22.9. The Morgan fingerprint density at radius 1 is 1.03 bits per heavy atom. The van der Waals surface area contributed by atoms with Gasteiger partial charge < -0.3 is 29.4 Å². The monoisotopic (exact) mass is 526 g/mol. The molecule has 3 N–H and O–H groups in total. The molecule has 0 aliphatic carbocycles. The van der Waals surface area contributed by atoms with Crippen LogP contribution >= 0.6 is 0 Å². The van der Waals surface area contributed by atoms with Crippen LogP contribution in [-0.2, 0) is 10.0 Å². The molecule has 1 aromatic heterocycles. The standard InChI is InChI=1S/C26H26N2O8S/c1-34-19-6-4-5-18(13-19)27-17-9-7-16(8-10-17)25-24(26(30)31)20-14-23(35-2)21(15-22(20)36-25)28(11-12-29)37(3,32)33/h4-10,13-15,27,29H,11-12H2,1-3H3,(H,30,31). The van der Waals surface area contributed by atoms with Gasteiger partial charge in [-0.05, 0) is 42.5 Å². The summed E-state index contributed by atoms with van der Waals surface area (Å²) in [6.45, 7) is -0.629. The maximum absolute atomic E-state index is 12.3. The lowest BCUT2D eigenvalue weighted by Gasteiger charge is -2.23. The lowest BCUT2D eigenvalue weighted by Crippen LogP contribution is -2.32. The number of carboxylic acids is 1. The summed E-state index contributed by atoms with van der Waals surface area (Å²) in [6.07, 6.45) is 1.00. The van der Waals surface area contributed by atoms with Gasteiger partial charge in [-0.3, -0.25) is 4.31 Å². The molecule has 0 atom stereocenters. The van der Waals surface area contributed by atoms with Crippen molar-refractivity contribution in [3.63, 3.8) is 0 Å². The van der Waals surface area contributed by atoms with Gasteiger partial charge in [0.15, 0.2) is 0 Å². The molecule has 11 heteroatoms. The van der Waals surface area contributed by atoms with E-state index in [1.165, 1.54) is 19.2 Å². The van der Waals surface area contributed by atoms with E-state index >= 15 is 0 Å². The van der Waals surface area contributed by atoms with Crippen molar-refractivity contribution in [2.75, 3.05) is 43.2 Å². The SMILES string of the molecule is COc1cccc(Nc2ccc(-c3oc4cc(N(CCO)S(C)(=O)=O)c(OC)cc4c3C(=O)O)cc2)c1. The summed E-state index contributed by atoms with van der Waals surface area (Å²) in [5.74, 6) is -0.266. The third-order valence-electron chi connectivity index (χ3n) is 5.68. The van der Waals surface area contributed by atoms with Crippen LogP contribution in [0.2, 0.25) is 0 Å². The lowest BCUT2D eigenvalue weighted by molar-refractivity contribution is 0.0699. The van der Waals surface area contributed by atoms with Gasteiger partial charge in [-0.2, -0.15) is 0 Å². The maximum atomic E-state index is 12.3. The van der Waals surface area contributed by atoms with Gasteiger partial charge >= 0.3 is 5.97 Å². The zero-order valence-corrected chi connectivity index (χ0v) is 21.2. The summed E-state index contributed by atoms with van der Waals surface area (Å²) in [4.78, 5) is 12.3. The normalized spacial score (nSPS) is 11.4. The fourth-order valence-electron chi connectivity index (χ4n) is 4.01. The van der Waals surface area contributed by atoms with Crippen LogP contribution < -0.4 is 19.1 Å². The van der Waals surface area contributed by atoms with Crippen LogP contribution in [0.4, 0.5) is 17.1 Å². The van der Waals surface area contributed by atoms with Crippen molar-refractivity contribution in [3.8, 4) is 22.8 Å². The number of aliphatic hydroxyl groups is 1. The third kappa shape index (κ3) is 5.32. The van der Waals surface area contributed by atoms with Crippen molar-refractivity contribution in [1.29, 1.82) is 0 Å². The Kier molecular flexibility index (Phi) is 7.28. The van der Waals surface area contributed by atoms with Crippen LogP contribution in [0.5, 0.6) is 11.5 Å². The minimum atomic E-state index is -3.77. The number of sulfonamides is 1. The van der Waals surface area contributed by atoms with Gasteiger partial charge in [-0.15, -0.1) is 0 Å². The van der Waals surface area contributed by atoms with Crippen LogP contribution in [0.15, 0.2) is 65.1 Å². The van der Waals surface area contributed by atoms with E-state index in [1.54, 1.807) is 31.4 Å². The minimum absolute atomic E-state index is 0.0820. The number of aliphatic hydroxyl groups excluding tert-OH is 1. The molecule has 0 aliphatic heterocycles. The molecule has 0 radical (unpaired) electrons. The van der Waals surface area contributed by atoms with E-state index in [2.05, 4.69) is 5.32 Å². The quantitative estimate of drug-likeness (QED) is 0.276. The number of rotatable bonds is 10. The van der Waals surface area contributed by atoms with E-state index in [1.807, 2.05) is 24.3 Å². The molecule has 10 nitrogen and oxygen atoms in total. The Labute approximate surface area is 213 Å². The second-order valence-electron chi connectivity index (χ2n) is 8.12. The molecule has 37 heavy (non-hydrogen) atoms. The number of hydrogen-bond acceptors (Lipinski definition) is 8. The fraction of sp³-hybridized carbons (Fsp3) is 0.192. The van der Waals surface area contributed by atoms with Crippen LogP contribution in [0.1, 0.15) is 10.4 Å². The lowest BCUT2D eigenvalue weighted by atomic mass is 10.0. The number of aromatic carboxylic acids is 1. The van der Waals surface area contributed by atoms with Crippen molar-refractivity contribution in [2.45, 2.75) is 0 Å². The average Bonchev–Trinajstić information content (AvgIpc) is 3.25. The summed E-state index contributed by atoms with van der Waals surface area (Å²) >= 11 is 0. The van der Waals surface area contributed by atoms with E-state index in [0.717, 1.165) is 21.9 Å². The Morgan fingerprint density at radius 3 is 2.35 bits per heavy atom. The largest absolute Gasteiger partial charge is 0.497 e. The Morgan fingerprint density at radius 2 is 1.76 bits per heavy atom. The topological polar surface area (TPSA) is 139 Å². The molecule has 0 unspecified atom stereocenters. The van der Waals surface area contributed by atoms with E-state index in [9.17, 15) is 23.4 Å². The molecule has 0 fully saturated rings. The van der Waals surface area contributed by atoms with E-state index < -0.39 is 22.6 Å². The highest BCUT2D eigenvalue weighted by Crippen LogP contribution is 2.41. The zero-order valence-electron chi connectivity index (χ0n) is 20.4. The van der Waals surface area contributed by atoms with Gasteiger partial charge in [-0.1, -0.05) is 6.07 Å². The van der Waals surface area contributed by atoms with Crippen LogP contribution in [0, 0.1) is 0 Å². The zero-order chi connectivity index (χ0) is 26.7. The smallest absolute Gasteiger partial charge is 0.340 e. The first-order valence-corrected chi connectivity index (χ1v) is 13.0. The van der Waals surface area contributed by atoms with E-state index in [-0.39, 0.29) is 40.3 Å². The summed E-state index contributed by atoms with van der Waals surface area (Å²) in [6, 6.07) is 17.3. The number of nitrogens with zero attached hydrogens (tertiary/aromatic N) is 1. The second-order valence-corrected chi connectivity index (χ2v) is 10.0. The van der Waals surface area contributed by atoms with Crippen LogP contribution in [0.3, 0.4) is 0 Å². The molecule has 0 bridgehead atoms. The van der Waals surface area contributed by atoms with Crippen molar-refractivity contribution >= 4 is 44.0 Å². The molecule has 0 spiro atoms. The molecule has 3 aromatic carbocycles. The molecule has 0 saturated carbocycles. The first-order chi connectivity index (χ1) is 17.7. The number of anilines is 3. The van der Waals surface area contributed by atoms with E-state index in [4.69, 9.17) is 13.9 Å². The molecular formula is C26H26N2O8S. The molecular weight excluding hydrogens is 500 g/mol. The molecule has 0 aliphatic rings. The number of hydrogen-bond donors (Lipinski definition) is 3. The minimum Gasteiger partial charge on any atom is -0.497 e. The van der Waals surface area contributed by atoms with E-state index in [0.29, 0.717) is 11.3 Å². The summed E-state index contributed by atoms with van der Waals surface area (Å²) in [5.41, 5.74) is 2.30.